The van der Waals surface area contributed by atoms with E-state index >= 15 is 0 Å². The number of rotatable bonds is 4. The predicted molar refractivity (Wildman–Crippen MR) is 71.3 cm³/mol. The first kappa shape index (κ1) is 14.1. The van der Waals surface area contributed by atoms with E-state index < -0.39 is 10.2 Å². The van der Waals surface area contributed by atoms with Crippen molar-refractivity contribution in [1.82, 2.24) is 4.31 Å². The average Bonchev–Trinajstić information content (AvgIpc) is 2.87. The van der Waals surface area contributed by atoms with Crippen molar-refractivity contribution in [3.05, 3.63) is 23.8 Å². The second-order valence-corrected chi connectivity index (χ2v) is 5.92. The van der Waals surface area contributed by atoms with Crippen molar-refractivity contribution in [2.45, 2.75) is 18.9 Å². The highest BCUT2D eigenvalue weighted by atomic mass is 32.2. The topological polar surface area (TPSA) is 81.9 Å². The molecule has 0 aromatic heterocycles. The zero-order valence-electron chi connectivity index (χ0n) is 11.0. The summed E-state index contributed by atoms with van der Waals surface area (Å²) >= 11 is 0. The molecule has 1 aliphatic rings. The van der Waals surface area contributed by atoms with Gasteiger partial charge in [-0.25, -0.2) is 5.14 Å². The first-order valence-corrected chi connectivity index (χ1v) is 7.49. The fourth-order valence-electron chi connectivity index (χ4n) is 2.46. The van der Waals surface area contributed by atoms with Crippen LogP contribution in [0.3, 0.4) is 0 Å². The van der Waals surface area contributed by atoms with Gasteiger partial charge in [0.05, 0.1) is 20.3 Å². The second-order valence-electron chi connectivity index (χ2n) is 4.42. The number of hydrogen-bond acceptors (Lipinski definition) is 4. The zero-order valence-corrected chi connectivity index (χ0v) is 11.8. The third kappa shape index (κ3) is 2.83. The van der Waals surface area contributed by atoms with E-state index in [2.05, 4.69) is 0 Å². The van der Waals surface area contributed by atoms with Crippen LogP contribution >= 0.6 is 0 Å². The second kappa shape index (κ2) is 5.36. The lowest BCUT2D eigenvalue weighted by Gasteiger charge is -2.24. The van der Waals surface area contributed by atoms with Crippen LogP contribution in [0.4, 0.5) is 0 Å². The molecule has 19 heavy (non-hydrogen) atoms. The minimum atomic E-state index is -3.71. The van der Waals surface area contributed by atoms with Crippen molar-refractivity contribution in [3.8, 4) is 11.5 Å². The van der Waals surface area contributed by atoms with Crippen molar-refractivity contribution in [3.63, 3.8) is 0 Å². The molecule has 0 aliphatic carbocycles. The molecule has 0 unspecified atom stereocenters. The zero-order chi connectivity index (χ0) is 14.0. The number of hydrogen-bond donors (Lipinski definition) is 1. The Balaban J connectivity index is 2.45. The van der Waals surface area contributed by atoms with Crippen LogP contribution in [-0.2, 0) is 10.2 Å². The molecule has 0 amide bonds. The summed E-state index contributed by atoms with van der Waals surface area (Å²) < 4.78 is 35.0. The van der Waals surface area contributed by atoms with Gasteiger partial charge in [0.25, 0.3) is 10.2 Å². The summed E-state index contributed by atoms with van der Waals surface area (Å²) in [6.45, 7) is 0.434. The van der Waals surface area contributed by atoms with E-state index in [1.165, 1.54) is 4.31 Å². The van der Waals surface area contributed by atoms with Crippen LogP contribution in [0.25, 0.3) is 0 Å². The molecule has 6 nitrogen and oxygen atoms in total. The molecule has 2 rings (SSSR count). The molecule has 7 heteroatoms. The smallest absolute Gasteiger partial charge is 0.277 e. The molecule has 0 bridgehead atoms. The Morgan fingerprint density at radius 3 is 2.63 bits per heavy atom. The maximum absolute atomic E-state index is 11.6. The van der Waals surface area contributed by atoms with Gasteiger partial charge in [0, 0.05) is 12.1 Å². The SMILES string of the molecule is COc1ccc(OC)c([C@@H]2CCCN2S(N)(=O)=O)c1. The molecular formula is C12H18N2O4S. The lowest BCUT2D eigenvalue weighted by atomic mass is 10.0. The first-order chi connectivity index (χ1) is 8.97. The Morgan fingerprint density at radius 1 is 1.32 bits per heavy atom. The van der Waals surface area contributed by atoms with Gasteiger partial charge in [0.15, 0.2) is 0 Å². The van der Waals surface area contributed by atoms with Gasteiger partial charge < -0.3 is 9.47 Å². The van der Waals surface area contributed by atoms with Crippen LogP contribution in [0.15, 0.2) is 18.2 Å². The lowest BCUT2D eigenvalue weighted by Crippen LogP contribution is -2.36. The molecule has 1 aliphatic heterocycles. The van der Waals surface area contributed by atoms with Crippen molar-refractivity contribution in [2.75, 3.05) is 20.8 Å². The Morgan fingerprint density at radius 2 is 2.05 bits per heavy atom. The Labute approximate surface area is 113 Å². The van der Waals surface area contributed by atoms with Gasteiger partial charge in [0.1, 0.15) is 11.5 Å². The van der Waals surface area contributed by atoms with Gasteiger partial charge in [0.2, 0.25) is 0 Å². The highest BCUT2D eigenvalue weighted by Gasteiger charge is 2.34. The van der Waals surface area contributed by atoms with Gasteiger partial charge in [-0.2, -0.15) is 12.7 Å². The van der Waals surface area contributed by atoms with Crippen molar-refractivity contribution in [2.24, 2.45) is 5.14 Å². The molecule has 1 saturated heterocycles. The summed E-state index contributed by atoms with van der Waals surface area (Å²) in [7, 11) is -0.583. The van der Waals surface area contributed by atoms with E-state index in [1.807, 2.05) is 0 Å². The number of ether oxygens (including phenoxy) is 2. The third-order valence-corrected chi connectivity index (χ3v) is 4.42. The summed E-state index contributed by atoms with van der Waals surface area (Å²) in [5.74, 6) is 1.30. The van der Waals surface area contributed by atoms with Crippen LogP contribution < -0.4 is 14.6 Å². The minimum absolute atomic E-state index is 0.292. The summed E-state index contributed by atoms with van der Waals surface area (Å²) in [6.07, 6.45) is 1.50. The highest BCUT2D eigenvalue weighted by molar-refractivity contribution is 7.86. The summed E-state index contributed by atoms with van der Waals surface area (Å²) in [5, 5.41) is 5.26. The Kier molecular flexibility index (Phi) is 3.98. The van der Waals surface area contributed by atoms with Crippen molar-refractivity contribution in [1.29, 1.82) is 0 Å². The van der Waals surface area contributed by atoms with Crippen LogP contribution in [0.2, 0.25) is 0 Å². The minimum Gasteiger partial charge on any atom is -0.497 e. The molecule has 1 aromatic rings. The van der Waals surface area contributed by atoms with E-state index in [0.717, 1.165) is 18.4 Å². The quantitative estimate of drug-likeness (QED) is 0.896. The molecule has 0 radical (unpaired) electrons. The van der Waals surface area contributed by atoms with E-state index in [4.69, 9.17) is 14.6 Å². The first-order valence-electron chi connectivity index (χ1n) is 5.99. The molecule has 0 spiro atoms. The monoisotopic (exact) mass is 286 g/mol. The van der Waals surface area contributed by atoms with Crippen LogP contribution in [0.1, 0.15) is 24.4 Å². The Bertz CT molecular complexity index is 559. The van der Waals surface area contributed by atoms with Crippen molar-refractivity contribution >= 4 is 10.2 Å². The Hall–Kier alpha value is -1.31. The van der Waals surface area contributed by atoms with E-state index in [0.29, 0.717) is 18.0 Å². The average molecular weight is 286 g/mol. The molecule has 0 saturated carbocycles. The van der Waals surface area contributed by atoms with Gasteiger partial charge in [-0.05, 0) is 31.0 Å². The largest absolute Gasteiger partial charge is 0.497 e. The fraction of sp³-hybridized carbons (Fsp3) is 0.500. The van der Waals surface area contributed by atoms with Crippen LogP contribution in [-0.4, -0.2) is 33.5 Å². The maximum atomic E-state index is 11.6. The molecular weight excluding hydrogens is 268 g/mol. The van der Waals surface area contributed by atoms with E-state index in [-0.39, 0.29) is 6.04 Å². The number of nitrogens with two attached hydrogens (primary N) is 1. The molecule has 1 atom stereocenters. The van der Waals surface area contributed by atoms with E-state index in [1.54, 1.807) is 32.4 Å². The molecule has 1 heterocycles. The van der Waals surface area contributed by atoms with Gasteiger partial charge in [-0.3, -0.25) is 0 Å². The summed E-state index contributed by atoms with van der Waals surface area (Å²) in [5.41, 5.74) is 0.786. The van der Waals surface area contributed by atoms with Crippen LogP contribution in [0, 0.1) is 0 Å². The summed E-state index contributed by atoms with van der Waals surface area (Å²) in [4.78, 5) is 0. The standard InChI is InChI=1S/C12H18N2O4S/c1-17-9-5-6-12(18-2)10(8-9)11-4-3-7-14(11)19(13,15)16/h5-6,8,11H,3-4,7H2,1-2H3,(H2,13,15,16)/t11-/m0/s1. The van der Waals surface area contributed by atoms with E-state index in [9.17, 15) is 8.42 Å². The van der Waals surface area contributed by atoms with Gasteiger partial charge in [-0.1, -0.05) is 0 Å². The summed E-state index contributed by atoms with van der Waals surface area (Å²) in [6, 6.07) is 5.05. The number of benzene rings is 1. The van der Waals surface area contributed by atoms with Crippen molar-refractivity contribution < 1.29 is 17.9 Å². The maximum Gasteiger partial charge on any atom is 0.277 e. The molecule has 1 aromatic carbocycles. The number of nitrogens with zero attached hydrogens (tertiary/aromatic N) is 1. The predicted octanol–water partition coefficient (Wildman–Crippen LogP) is 1.04. The molecule has 2 N–H and O–H groups in total. The fourth-order valence-corrected chi connectivity index (χ4v) is 3.41. The normalized spacial score (nSPS) is 20.5. The van der Waals surface area contributed by atoms with Gasteiger partial charge in [-0.15, -0.1) is 0 Å². The molecule has 106 valence electrons. The molecule has 1 fully saturated rings. The third-order valence-electron chi connectivity index (χ3n) is 3.33. The number of methoxy groups -OCH3 is 2. The van der Waals surface area contributed by atoms with Gasteiger partial charge >= 0.3 is 0 Å². The highest BCUT2D eigenvalue weighted by Crippen LogP contribution is 2.39. The van der Waals surface area contributed by atoms with Crippen LogP contribution in [0.5, 0.6) is 11.5 Å². The lowest BCUT2D eigenvalue weighted by molar-refractivity contribution is 0.362.